The molecule has 0 N–H and O–H groups in total. The SMILES string of the molecule is C=CCOC(=O)C1=C(C)N=c2s/c(=C\c3ccc(OC)cc3OC)c(=O)n2C1c1ccc(OC(C)=O)c(OC)c1. The Hall–Kier alpha value is -4.64. The number of carbonyl (C=O) groups is 2. The topological polar surface area (TPSA) is 115 Å². The molecule has 0 fully saturated rings. The summed E-state index contributed by atoms with van der Waals surface area (Å²) < 4.78 is 28.7. The van der Waals surface area contributed by atoms with E-state index in [1.54, 1.807) is 56.5 Å². The summed E-state index contributed by atoms with van der Waals surface area (Å²) in [4.78, 5) is 43.7. The first kappa shape index (κ1) is 28.4. The Bertz CT molecular complexity index is 1700. The van der Waals surface area contributed by atoms with Crippen molar-refractivity contribution in [2.24, 2.45) is 4.99 Å². The largest absolute Gasteiger partial charge is 0.497 e. The second kappa shape index (κ2) is 12.0. The lowest BCUT2D eigenvalue weighted by atomic mass is 9.95. The van der Waals surface area contributed by atoms with Crippen LogP contribution >= 0.6 is 11.3 Å². The molecule has 0 amide bonds. The van der Waals surface area contributed by atoms with Crippen LogP contribution in [-0.4, -0.2) is 44.4 Å². The third-order valence-corrected chi connectivity index (χ3v) is 7.04. The maximum atomic E-state index is 13.9. The lowest BCUT2D eigenvalue weighted by Gasteiger charge is -2.25. The molecular formula is C29H28N2O8S. The fraction of sp³-hybridized carbons (Fsp3) is 0.241. The van der Waals surface area contributed by atoms with Gasteiger partial charge in [-0.1, -0.05) is 30.1 Å². The maximum absolute atomic E-state index is 13.9. The summed E-state index contributed by atoms with van der Waals surface area (Å²) in [6, 6.07) is 9.21. The van der Waals surface area contributed by atoms with Gasteiger partial charge >= 0.3 is 11.9 Å². The minimum absolute atomic E-state index is 0.0152. The molecule has 2 aromatic carbocycles. The van der Waals surface area contributed by atoms with E-state index in [2.05, 4.69) is 11.6 Å². The molecule has 1 atom stereocenters. The zero-order valence-electron chi connectivity index (χ0n) is 22.7. The van der Waals surface area contributed by atoms with Gasteiger partial charge in [-0.05, 0) is 42.8 Å². The number of methoxy groups -OCH3 is 3. The van der Waals surface area contributed by atoms with Crippen LogP contribution < -0.4 is 33.8 Å². The van der Waals surface area contributed by atoms with Crippen LogP contribution in [0.25, 0.3) is 6.08 Å². The molecule has 10 nitrogen and oxygen atoms in total. The van der Waals surface area contributed by atoms with E-state index in [1.807, 2.05) is 0 Å². The summed E-state index contributed by atoms with van der Waals surface area (Å²) >= 11 is 1.18. The van der Waals surface area contributed by atoms with Crippen molar-refractivity contribution in [3.8, 4) is 23.0 Å². The predicted molar refractivity (Wildman–Crippen MR) is 149 cm³/mol. The van der Waals surface area contributed by atoms with Crippen LogP contribution in [-0.2, 0) is 14.3 Å². The van der Waals surface area contributed by atoms with Gasteiger partial charge in [-0.3, -0.25) is 14.2 Å². The molecule has 11 heteroatoms. The van der Waals surface area contributed by atoms with Crippen LogP contribution in [0.2, 0.25) is 0 Å². The van der Waals surface area contributed by atoms with Gasteiger partial charge in [0.05, 0.1) is 43.2 Å². The number of aromatic nitrogens is 1. The summed E-state index contributed by atoms with van der Waals surface area (Å²) in [5.74, 6) is 0.440. The van der Waals surface area contributed by atoms with Gasteiger partial charge in [-0.15, -0.1) is 0 Å². The van der Waals surface area contributed by atoms with E-state index < -0.39 is 18.0 Å². The minimum Gasteiger partial charge on any atom is -0.497 e. The highest BCUT2D eigenvalue weighted by Gasteiger charge is 2.34. The van der Waals surface area contributed by atoms with Crippen molar-refractivity contribution in [3.05, 3.63) is 91.1 Å². The monoisotopic (exact) mass is 564 g/mol. The normalized spacial score (nSPS) is 14.6. The van der Waals surface area contributed by atoms with Crippen LogP contribution in [0.5, 0.6) is 23.0 Å². The molecule has 1 aromatic heterocycles. The number of benzene rings is 2. The smallest absolute Gasteiger partial charge is 0.338 e. The quantitative estimate of drug-likeness (QED) is 0.221. The summed E-state index contributed by atoms with van der Waals surface area (Å²) in [5, 5.41) is 0. The Morgan fingerprint density at radius 1 is 1.05 bits per heavy atom. The van der Waals surface area contributed by atoms with E-state index in [4.69, 9.17) is 23.7 Å². The molecule has 0 bridgehead atoms. The molecule has 0 aliphatic carbocycles. The van der Waals surface area contributed by atoms with E-state index in [1.165, 1.54) is 43.1 Å². The highest BCUT2D eigenvalue weighted by Crippen LogP contribution is 2.36. The third kappa shape index (κ3) is 5.55. The molecule has 0 saturated carbocycles. The number of nitrogens with zero attached hydrogens (tertiary/aromatic N) is 2. The Balaban J connectivity index is 1.95. The molecule has 1 aliphatic rings. The van der Waals surface area contributed by atoms with E-state index in [0.29, 0.717) is 37.7 Å². The van der Waals surface area contributed by atoms with Crippen molar-refractivity contribution in [1.29, 1.82) is 0 Å². The number of esters is 2. The van der Waals surface area contributed by atoms with Crippen LogP contribution in [0.4, 0.5) is 0 Å². The van der Waals surface area contributed by atoms with Gasteiger partial charge in [-0.2, -0.15) is 0 Å². The number of rotatable bonds is 9. The average Bonchev–Trinajstić information content (AvgIpc) is 3.24. The van der Waals surface area contributed by atoms with Crippen molar-refractivity contribution in [2.75, 3.05) is 27.9 Å². The summed E-state index contributed by atoms with van der Waals surface area (Å²) in [7, 11) is 4.52. The summed E-state index contributed by atoms with van der Waals surface area (Å²) in [5.41, 5.74) is 1.42. The minimum atomic E-state index is -0.895. The predicted octanol–water partition coefficient (Wildman–Crippen LogP) is 2.92. The molecule has 1 unspecified atom stereocenters. The van der Waals surface area contributed by atoms with E-state index in [0.717, 1.165) is 0 Å². The first-order valence-electron chi connectivity index (χ1n) is 12.1. The molecule has 4 rings (SSSR count). The van der Waals surface area contributed by atoms with Crippen LogP contribution in [0.15, 0.2) is 70.1 Å². The zero-order valence-corrected chi connectivity index (χ0v) is 23.5. The number of allylic oxidation sites excluding steroid dienone is 1. The molecule has 1 aliphatic heterocycles. The van der Waals surface area contributed by atoms with Crippen molar-refractivity contribution in [3.63, 3.8) is 0 Å². The summed E-state index contributed by atoms with van der Waals surface area (Å²) in [6.45, 7) is 6.55. The fourth-order valence-corrected chi connectivity index (χ4v) is 5.32. The number of carbonyl (C=O) groups excluding carboxylic acids is 2. The Morgan fingerprint density at radius 3 is 2.45 bits per heavy atom. The molecule has 0 spiro atoms. The fourth-order valence-electron chi connectivity index (χ4n) is 4.28. The van der Waals surface area contributed by atoms with Crippen molar-refractivity contribution in [1.82, 2.24) is 4.57 Å². The molecule has 0 saturated heterocycles. The van der Waals surface area contributed by atoms with Gasteiger partial charge in [0.25, 0.3) is 5.56 Å². The maximum Gasteiger partial charge on any atom is 0.338 e. The molecule has 40 heavy (non-hydrogen) atoms. The lowest BCUT2D eigenvalue weighted by Crippen LogP contribution is -2.40. The molecule has 0 radical (unpaired) electrons. The molecule has 3 aromatic rings. The number of fused-ring (bicyclic) bond motifs is 1. The first-order valence-corrected chi connectivity index (χ1v) is 12.9. The Morgan fingerprint density at radius 2 is 1.80 bits per heavy atom. The highest BCUT2D eigenvalue weighted by molar-refractivity contribution is 7.07. The second-order valence-corrected chi connectivity index (χ2v) is 9.59. The van der Waals surface area contributed by atoms with Gasteiger partial charge in [0, 0.05) is 18.6 Å². The third-order valence-electron chi connectivity index (χ3n) is 6.06. The van der Waals surface area contributed by atoms with Crippen molar-refractivity contribution in [2.45, 2.75) is 19.9 Å². The standard InChI is InChI=1S/C29H28N2O8S/c1-7-12-38-28(34)25-16(2)30-29-31(26(25)19-9-11-21(39-17(3)32)23(13-19)37-6)27(33)24(40-29)14-18-8-10-20(35-4)15-22(18)36-5/h7-11,13-15,26H,1,12H2,2-6H3/b24-14-. The van der Waals surface area contributed by atoms with Gasteiger partial charge in [0.2, 0.25) is 0 Å². The second-order valence-electron chi connectivity index (χ2n) is 8.58. The van der Waals surface area contributed by atoms with Crippen LogP contribution in [0.3, 0.4) is 0 Å². The lowest BCUT2D eigenvalue weighted by molar-refractivity contribution is -0.138. The molecule has 208 valence electrons. The Kier molecular flexibility index (Phi) is 8.54. The number of ether oxygens (including phenoxy) is 5. The van der Waals surface area contributed by atoms with Crippen LogP contribution in [0.1, 0.15) is 31.0 Å². The van der Waals surface area contributed by atoms with Crippen molar-refractivity contribution >= 4 is 29.4 Å². The highest BCUT2D eigenvalue weighted by atomic mass is 32.1. The zero-order chi connectivity index (χ0) is 29.0. The number of thiazole rings is 1. The van der Waals surface area contributed by atoms with Gasteiger partial charge < -0.3 is 23.7 Å². The van der Waals surface area contributed by atoms with E-state index in [9.17, 15) is 14.4 Å². The molecular weight excluding hydrogens is 536 g/mol. The number of hydrogen-bond donors (Lipinski definition) is 0. The average molecular weight is 565 g/mol. The number of hydrogen-bond acceptors (Lipinski definition) is 10. The van der Waals surface area contributed by atoms with Gasteiger partial charge in [-0.25, -0.2) is 9.79 Å². The first-order chi connectivity index (χ1) is 19.2. The van der Waals surface area contributed by atoms with Gasteiger partial charge in [0.15, 0.2) is 16.3 Å². The summed E-state index contributed by atoms with van der Waals surface area (Å²) in [6.07, 6.45) is 3.16. The molecule has 2 heterocycles. The van der Waals surface area contributed by atoms with Gasteiger partial charge in [0.1, 0.15) is 18.1 Å². The Labute approximate surface area is 234 Å². The van der Waals surface area contributed by atoms with E-state index >= 15 is 0 Å². The van der Waals surface area contributed by atoms with E-state index in [-0.39, 0.29) is 29.2 Å². The van der Waals surface area contributed by atoms with Crippen molar-refractivity contribution < 1.29 is 33.3 Å². The van der Waals surface area contributed by atoms with Crippen LogP contribution in [0, 0.1) is 0 Å².